The van der Waals surface area contributed by atoms with E-state index in [9.17, 15) is 9.59 Å². The van der Waals surface area contributed by atoms with Crippen molar-refractivity contribution in [1.82, 2.24) is 19.4 Å². The summed E-state index contributed by atoms with van der Waals surface area (Å²) < 4.78 is 1.63. The lowest BCUT2D eigenvalue weighted by Gasteiger charge is -2.27. The molecule has 1 aliphatic rings. The van der Waals surface area contributed by atoms with E-state index in [0.29, 0.717) is 26.1 Å². The summed E-state index contributed by atoms with van der Waals surface area (Å²) in [5, 5.41) is 3.96. The summed E-state index contributed by atoms with van der Waals surface area (Å²) in [6.45, 7) is 4.01. The van der Waals surface area contributed by atoms with E-state index in [1.807, 2.05) is 54.3 Å². The molecule has 0 bridgehead atoms. The highest BCUT2D eigenvalue weighted by Crippen LogP contribution is 2.22. The van der Waals surface area contributed by atoms with Gasteiger partial charge in [0.2, 0.25) is 5.91 Å². The summed E-state index contributed by atoms with van der Waals surface area (Å²) in [5.74, 6) is 0.713. The average Bonchev–Trinajstić information content (AvgIpc) is 2.79. The molecule has 0 spiro atoms. The summed E-state index contributed by atoms with van der Waals surface area (Å²) in [5.41, 5.74) is 3.50. The lowest BCUT2D eigenvalue weighted by molar-refractivity contribution is -0.117. The molecule has 1 N–H and O–H groups in total. The Bertz CT molecular complexity index is 1120. The summed E-state index contributed by atoms with van der Waals surface area (Å²) in [4.78, 5) is 35.8. The Labute approximate surface area is 185 Å². The van der Waals surface area contributed by atoms with E-state index in [2.05, 4.69) is 15.3 Å². The lowest BCUT2D eigenvalue weighted by atomic mass is 10.1. The number of nitrogens with one attached hydrogen (secondary N) is 1. The van der Waals surface area contributed by atoms with Crippen LogP contribution in [-0.4, -0.2) is 38.4 Å². The number of carbonyl (C=O) groups is 1. The number of aromatic nitrogens is 3. The maximum atomic E-state index is 12.6. The fourth-order valence-electron chi connectivity index (χ4n) is 3.61. The van der Waals surface area contributed by atoms with Crippen LogP contribution < -0.4 is 10.9 Å². The first kappa shape index (κ1) is 21.3. The number of rotatable bonds is 7. The molecule has 0 atom stereocenters. The third-order valence-electron chi connectivity index (χ3n) is 5.21. The van der Waals surface area contributed by atoms with Gasteiger partial charge in [-0.2, -0.15) is 0 Å². The van der Waals surface area contributed by atoms with Crippen molar-refractivity contribution >= 4 is 23.4 Å². The van der Waals surface area contributed by atoms with E-state index >= 15 is 0 Å². The van der Waals surface area contributed by atoms with Gasteiger partial charge in [0.15, 0.2) is 0 Å². The van der Waals surface area contributed by atoms with Crippen LogP contribution in [0.15, 0.2) is 64.8 Å². The fourth-order valence-corrected chi connectivity index (χ4v) is 4.41. The minimum Gasteiger partial charge on any atom is -0.325 e. The zero-order valence-corrected chi connectivity index (χ0v) is 18.3. The van der Waals surface area contributed by atoms with Crippen LogP contribution in [0.5, 0.6) is 0 Å². The Morgan fingerprint density at radius 2 is 2.10 bits per heavy atom. The van der Waals surface area contributed by atoms with Crippen LogP contribution in [0.3, 0.4) is 0 Å². The summed E-state index contributed by atoms with van der Waals surface area (Å²) in [7, 11) is 0. The molecule has 0 unspecified atom stereocenters. The molecule has 8 heteroatoms. The third kappa shape index (κ3) is 5.39. The second kappa shape index (κ2) is 9.89. The largest absolute Gasteiger partial charge is 0.325 e. The number of anilines is 1. The van der Waals surface area contributed by atoms with Crippen LogP contribution in [-0.2, 0) is 30.1 Å². The quantitative estimate of drug-likeness (QED) is 0.575. The van der Waals surface area contributed by atoms with Crippen LogP contribution in [0.4, 0.5) is 5.69 Å². The zero-order chi connectivity index (χ0) is 21.6. The van der Waals surface area contributed by atoms with Gasteiger partial charge in [0.25, 0.3) is 5.56 Å². The van der Waals surface area contributed by atoms with Crippen LogP contribution >= 0.6 is 11.8 Å². The number of carbonyl (C=O) groups excluding carboxylic acids is 1. The van der Waals surface area contributed by atoms with Crippen molar-refractivity contribution in [3.8, 4) is 0 Å². The number of fused-ring (bicyclic) bond motifs is 1. The Morgan fingerprint density at radius 1 is 1.19 bits per heavy atom. The number of nitrogens with zero attached hydrogens (tertiary/aromatic N) is 4. The zero-order valence-electron chi connectivity index (χ0n) is 17.5. The molecule has 0 saturated heterocycles. The molecule has 1 aliphatic heterocycles. The predicted octanol–water partition coefficient (Wildman–Crippen LogP) is 2.95. The normalized spacial score (nSPS) is 13.6. The molecule has 160 valence electrons. The summed E-state index contributed by atoms with van der Waals surface area (Å²) in [6.07, 6.45) is 4.00. The third-order valence-corrected chi connectivity index (χ3v) is 6.23. The number of benzene rings is 1. The first-order chi connectivity index (χ1) is 15.1. The second-order valence-electron chi connectivity index (χ2n) is 7.43. The number of hydrogen-bond donors (Lipinski definition) is 1. The molecule has 3 aromatic rings. The number of hydrogen-bond acceptors (Lipinski definition) is 6. The van der Waals surface area contributed by atoms with Crippen molar-refractivity contribution in [3.05, 3.63) is 82.2 Å². The van der Waals surface area contributed by atoms with Gasteiger partial charge in [-0.1, -0.05) is 18.2 Å². The number of aryl methyl sites for hydroxylation is 1. The van der Waals surface area contributed by atoms with E-state index in [1.165, 1.54) is 0 Å². The molecular weight excluding hydrogens is 410 g/mol. The summed E-state index contributed by atoms with van der Waals surface area (Å²) >= 11 is 1.66. The maximum Gasteiger partial charge on any atom is 0.256 e. The van der Waals surface area contributed by atoms with Crippen LogP contribution in [0.25, 0.3) is 0 Å². The molecule has 4 rings (SSSR count). The van der Waals surface area contributed by atoms with Gasteiger partial charge in [-0.15, -0.1) is 11.8 Å². The molecule has 0 saturated carbocycles. The smallest absolute Gasteiger partial charge is 0.256 e. The standard InChI is InChI=1S/C23H25N5O2S/c1-2-28-16-25-20-13-27(11-9-19(20)23(28)30)14-21(29)26-18-7-5-6-17(12-18)15-31-22-8-3-4-10-24-22/h3-8,10,12,16H,2,9,11,13-15H2,1H3,(H,26,29). The molecule has 31 heavy (non-hydrogen) atoms. The van der Waals surface area contributed by atoms with Gasteiger partial charge in [-0.25, -0.2) is 9.97 Å². The van der Waals surface area contributed by atoms with Crippen LogP contribution in [0, 0.1) is 0 Å². The van der Waals surface area contributed by atoms with E-state index in [-0.39, 0.29) is 18.0 Å². The number of amides is 1. The molecular formula is C23H25N5O2S. The van der Waals surface area contributed by atoms with Crippen molar-refractivity contribution in [3.63, 3.8) is 0 Å². The molecule has 1 aromatic carbocycles. The minimum absolute atomic E-state index is 0.0389. The predicted molar refractivity (Wildman–Crippen MR) is 122 cm³/mol. The van der Waals surface area contributed by atoms with Gasteiger partial charge in [-0.05, 0) is 43.2 Å². The minimum atomic E-state index is -0.0696. The van der Waals surface area contributed by atoms with Gasteiger partial charge in [0.1, 0.15) is 0 Å². The van der Waals surface area contributed by atoms with Crippen molar-refractivity contribution in [1.29, 1.82) is 0 Å². The highest BCUT2D eigenvalue weighted by molar-refractivity contribution is 7.98. The highest BCUT2D eigenvalue weighted by Gasteiger charge is 2.22. The molecule has 0 fully saturated rings. The van der Waals surface area contributed by atoms with E-state index < -0.39 is 0 Å². The lowest BCUT2D eigenvalue weighted by Crippen LogP contribution is -2.40. The van der Waals surface area contributed by atoms with E-state index in [4.69, 9.17) is 0 Å². The Balaban J connectivity index is 1.33. The molecule has 1 amide bonds. The second-order valence-corrected chi connectivity index (χ2v) is 8.42. The Kier molecular flexibility index (Phi) is 6.79. The van der Waals surface area contributed by atoms with Gasteiger partial charge >= 0.3 is 0 Å². The van der Waals surface area contributed by atoms with E-state index in [0.717, 1.165) is 33.3 Å². The monoisotopic (exact) mass is 435 g/mol. The SMILES string of the molecule is CCn1cnc2c(c1=O)CCN(CC(=O)Nc1cccc(CSc3ccccn3)c1)C2. The maximum absolute atomic E-state index is 12.6. The molecule has 7 nitrogen and oxygen atoms in total. The van der Waals surface area contributed by atoms with Crippen LogP contribution in [0.1, 0.15) is 23.7 Å². The van der Waals surface area contributed by atoms with Gasteiger partial charge in [-0.3, -0.25) is 19.1 Å². The van der Waals surface area contributed by atoms with Crippen molar-refractivity contribution < 1.29 is 4.79 Å². The van der Waals surface area contributed by atoms with Crippen molar-refractivity contribution in [2.75, 3.05) is 18.4 Å². The van der Waals surface area contributed by atoms with Crippen molar-refractivity contribution in [2.24, 2.45) is 0 Å². The molecule has 2 aromatic heterocycles. The number of thioether (sulfide) groups is 1. The topological polar surface area (TPSA) is 80.1 Å². The van der Waals surface area contributed by atoms with Crippen molar-refractivity contribution in [2.45, 2.75) is 37.2 Å². The van der Waals surface area contributed by atoms with Gasteiger partial charge in [0, 0.05) is 42.8 Å². The van der Waals surface area contributed by atoms with Gasteiger partial charge in [0.05, 0.1) is 23.6 Å². The first-order valence-corrected chi connectivity index (χ1v) is 11.3. The molecule has 0 aliphatic carbocycles. The Morgan fingerprint density at radius 3 is 2.90 bits per heavy atom. The van der Waals surface area contributed by atoms with Crippen LogP contribution in [0.2, 0.25) is 0 Å². The molecule has 0 radical (unpaired) electrons. The summed E-state index contributed by atoms with van der Waals surface area (Å²) in [6, 6.07) is 13.7. The van der Waals surface area contributed by atoms with E-state index in [1.54, 1.807) is 28.9 Å². The molecule has 3 heterocycles. The fraction of sp³-hybridized carbons (Fsp3) is 0.304. The van der Waals surface area contributed by atoms with Gasteiger partial charge < -0.3 is 5.32 Å². The number of pyridine rings is 1. The average molecular weight is 436 g/mol. The highest BCUT2D eigenvalue weighted by atomic mass is 32.2. The first-order valence-electron chi connectivity index (χ1n) is 10.3. The Hall–Kier alpha value is -2.97.